The van der Waals surface area contributed by atoms with Gasteiger partial charge in [-0.3, -0.25) is 9.36 Å². The number of rotatable bonds is 3. The first-order valence-corrected chi connectivity index (χ1v) is 6.47. The molecular formula is C6H16ClN2O4P. The van der Waals surface area contributed by atoms with Crippen LogP contribution < -0.4 is 10.8 Å². The minimum absolute atomic E-state index is 0.232. The van der Waals surface area contributed by atoms with Crippen LogP contribution in [0.1, 0.15) is 20.8 Å². The second-order valence-corrected chi connectivity index (χ2v) is 5.47. The number of carboxylic acid groups (broad SMARTS) is 1. The third-order valence-corrected chi connectivity index (χ3v) is 0.954. The van der Waals surface area contributed by atoms with Gasteiger partial charge in [0, 0.05) is 6.04 Å². The quantitative estimate of drug-likeness (QED) is 0.547. The number of aliphatic carboxylic acids is 1. The summed E-state index contributed by atoms with van der Waals surface area (Å²) in [5.74, 6) is -0.802. The molecule has 0 aromatic rings. The van der Waals surface area contributed by atoms with Gasteiger partial charge in [-0.25, -0.2) is 5.50 Å². The SMILES string of the molecule is CC(C)N[C@@H](C)C(=O)O.NP(=O)(O)Cl. The van der Waals surface area contributed by atoms with Gasteiger partial charge < -0.3 is 15.3 Å². The minimum atomic E-state index is -3.67. The fourth-order valence-electron chi connectivity index (χ4n) is 0.571. The Labute approximate surface area is 87.7 Å². The molecule has 1 unspecified atom stereocenters. The maximum atomic E-state index is 10.2. The van der Waals surface area contributed by atoms with Crippen molar-refractivity contribution < 1.29 is 19.4 Å². The Hall–Kier alpha value is -0.130. The molecular weight excluding hydrogens is 231 g/mol. The lowest BCUT2D eigenvalue weighted by atomic mass is 10.3. The zero-order valence-electron chi connectivity index (χ0n) is 8.27. The van der Waals surface area contributed by atoms with E-state index in [-0.39, 0.29) is 6.04 Å². The first-order chi connectivity index (χ1) is 6.04. The minimum Gasteiger partial charge on any atom is -0.480 e. The summed E-state index contributed by atoms with van der Waals surface area (Å²) in [6, 6.07) is -0.207. The molecule has 0 fully saturated rings. The molecule has 0 amide bonds. The highest BCUT2D eigenvalue weighted by atomic mass is 35.7. The fraction of sp³-hybridized carbons (Fsp3) is 0.833. The lowest BCUT2D eigenvalue weighted by Gasteiger charge is -2.11. The molecule has 0 saturated carbocycles. The zero-order valence-corrected chi connectivity index (χ0v) is 9.92. The Balaban J connectivity index is 0. The first-order valence-electron chi connectivity index (χ1n) is 3.84. The van der Waals surface area contributed by atoms with Crippen molar-refractivity contribution >= 4 is 24.1 Å². The van der Waals surface area contributed by atoms with E-state index in [0.717, 1.165) is 0 Å². The van der Waals surface area contributed by atoms with Crippen LogP contribution in [0, 0.1) is 0 Å². The number of nitrogens with two attached hydrogens (primary N) is 1. The van der Waals surface area contributed by atoms with Crippen LogP contribution >= 0.6 is 18.1 Å². The summed E-state index contributed by atoms with van der Waals surface area (Å²) in [5, 5.41) is 11.2. The highest BCUT2D eigenvalue weighted by Crippen LogP contribution is 2.35. The van der Waals surface area contributed by atoms with Crippen molar-refractivity contribution in [3.05, 3.63) is 0 Å². The number of carbonyl (C=O) groups is 1. The van der Waals surface area contributed by atoms with Gasteiger partial charge in [0.1, 0.15) is 6.04 Å². The van der Waals surface area contributed by atoms with Gasteiger partial charge in [-0.1, -0.05) is 13.8 Å². The van der Waals surface area contributed by atoms with Crippen molar-refractivity contribution in [3.63, 3.8) is 0 Å². The van der Waals surface area contributed by atoms with Gasteiger partial charge in [0.05, 0.1) is 0 Å². The molecule has 2 atom stereocenters. The molecule has 0 aliphatic rings. The second-order valence-electron chi connectivity index (χ2n) is 2.93. The van der Waals surface area contributed by atoms with Crippen molar-refractivity contribution in [1.29, 1.82) is 0 Å². The van der Waals surface area contributed by atoms with Crippen LogP contribution in [0.15, 0.2) is 0 Å². The molecule has 0 aromatic carbocycles. The highest BCUT2D eigenvalue weighted by Gasteiger charge is 2.09. The van der Waals surface area contributed by atoms with Crippen LogP contribution in [0.4, 0.5) is 0 Å². The van der Waals surface area contributed by atoms with Crippen molar-refractivity contribution in [2.45, 2.75) is 32.9 Å². The van der Waals surface area contributed by atoms with Gasteiger partial charge in [0.15, 0.2) is 0 Å². The van der Waals surface area contributed by atoms with Crippen LogP contribution in [0.25, 0.3) is 0 Å². The summed E-state index contributed by atoms with van der Waals surface area (Å²) in [5.41, 5.74) is 4.23. The molecule has 0 aliphatic carbocycles. The Kier molecular flexibility index (Phi) is 8.39. The molecule has 0 heterocycles. The normalized spacial score (nSPS) is 16.5. The van der Waals surface area contributed by atoms with Gasteiger partial charge >= 0.3 is 12.8 Å². The number of halogens is 1. The monoisotopic (exact) mass is 246 g/mol. The Bertz CT molecular complexity index is 210. The Morgan fingerprint density at radius 1 is 1.50 bits per heavy atom. The van der Waals surface area contributed by atoms with E-state index in [1.165, 1.54) is 0 Å². The fourth-order valence-corrected chi connectivity index (χ4v) is 0.571. The molecule has 0 bridgehead atoms. The van der Waals surface area contributed by atoms with Crippen LogP contribution in [0.2, 0.25) is 0 Å². The van der Waals surface area contributed by atoms with Crippen LogP contribution in [-0.2, 0) is 9.36 Å². The van der Waals surface area contributed by atoms with Crippen LogP contribution in [0.5, 0.6) is 0 Å². The van der Waals surface area contributed by atoms with E-state index in [4.69, 9.17) is 10.00 Å². The molecule has 14 heavy (non-hydrogen) atoms. The van der Waals surface area contributed by atoms with Gasteiger partial charge in [-0.2, -0.15) is 0 Å². The summed E-state index contributed by atoms with van der Waals surface area (Å²) < 4.78 is 9.31. The van der Waals surface area contributed by atoms with E-state index in [2.05, 4.69) is 22.1 Å². The Morgan fingerprint density at radius 2 is 1.79 bits per heavy atom. The van der Waals surface area contributed by atoms with Crippen molar-refractivity contribution in [2.75, 3.05) is 0 Å². The average Bonchev–Trinajstić information content (AvgIpc) is 1.80. The molecule has 0 saturated heterocycles. The van der Waals surface area contributed by atoms with E-state index >= 15 is 0 Å². The maximum Gasteiger partial charge on any atom is 0.355 e. The van der Waals surface area contributed by atoms with E-state index < -0.39 is 18.9 Å². The van der Waals surface area contributed by atoms with E-state index in [9.17, 15) is 9.36 Å². The molecule has 86 valence electrons. The maximum absolute atomic E-state index is 10.2. The molecule has 0 rings (SSSR count). The van der Waals surface area contributed by atoms with Crippen molar-refractivity contribution in [3.8, 4) is 0 Å². The van der Waals surface area contributed by atoms with Gasteiger partial charge in [-0.15, -0.1) is 0 Å². The topological polar surface area (TPSA) is 113 Å². The third kappa shape index (κ3) is 22.6. The summed E-state index contributed by atoms with van der Waals surface area (Å²) >= 11 is 4.42. The van der Waals surface area contributed by atoms with Gasteiger partial charge in [-0.05, 0) is 18.2 Å². The van der Waals surface area contributed by atoms with Crippen LogP contribution in [0.3, 0.4) is 0 Å². The molecule has 0 aromatic heterocycles. The van der Waals surface area contributed by atoms with Crippen molar-refractivity contribution in [1.82, 2.24) is 5.32 Å². The second kappa shape index (κ2) is 7.20. The average molecular weight is 247 g/mol. The van der Waals surface area contributed by atoms with Gasteiger partial charge in [0.2, 0.25) is 0 Å². The molecule has 0 spiro atoms. The van der Waals surface area contributed by atoms with Crippen LogP contribution in [-0.4, -0.2) is 28.1 Å². The number of carboxylic acids is 1. The predicted molar refractivity (Wildman–Crippen MR) is 55.2 cm³/mol. The summed E-state index contributed by atoms with van der Waals surface area (Å²) in [7, 11) is 0. The molecule has 0 radical (unpaired) electrons. The molecule has 6 nitrogen and oxygen atoms in total. The van der Waals surface area contributed by atoms with Gasteiger partial charge in [0.25, 0.3) is 0 Å². The standard InChI is InChI=1S/C6H13NO2.ClH3NO2P/c1-4(2)7-5(3)6(8)9;1-5(2,3)4/h4-5,7H,1-3H3,(H,8,9);(H3,2,3,4)/t5-;/m0./s1. The van der Waals surface area contributed by atoms with Crippen molar-refractivity contribution in [2.24, 2.45) is 5.50 Å². The summed E-state index contributed by atoms with van der Waals surface area (Å²) in [6.07, 6.45) is 0. The molecule has 0 aliphatic heterocycles. The van der Waals surface area contributed by atoms with E-state index in [0.29, 0.717) is 0 Å². The number of hydrogen-bond donors (Lipinski definition) is 4. The van der Waals surface area contributed by atoms with E-state index in [1.807, 2.05) is 13.8 Å². The first kappa shape index (κ1) is 16.3. The summed E-state index contributed by atoms with van der Waals surface area (Å²) in [4.78, 5) is 17.8. The zero-order chi connectivity index (χ0) is 11.9. The Morgan fingerprint density at radius 3 is 1.86 bits per heavy atom. The lowest BCUT2D eigenvalue weighted by molar-refractivity contribution is -0.139. The highest BCUT2D eigenvalue weighted by molar-refractivity contribution is 7.82. The number of nitrogens with one attached hydrogen (secondary N) is 1. The number of hydrogen-bond acceptors (Lipinski definition) is 3. The van der Waals surface area contributed by atoms with E-state index in [1.54, 1.807) is 6.92 Å². The predicted octanol–water partition coefficient (Wildman–Crippen LogP) is 0.742. The summed E-state index contributed by atoms with van der Waals surface area (Å²) in [6.45, 7) is 1.79. The molecule has 5 N–H and O–H groups in total. The molecule has 8 heteroatoms. The third-order valence-electron chi connectivity index (χ3n) is 0.954. The smallest absolute Gasteiger partial charge is 0.355 e. The largest absolute Gasteiger partial charge is 0.480 e. The lowest BCUT2D eigenvalue weighted by Crippen LogP contribution is -2.38.